The van der Waals surface area contributed by atoms with Gasteiger partial charge in [0.25, 0.3) is 0 Å². The van der Waals surface area contributed by atoms with Gasteiger partial charge in [0.05, 0.1) is 18.8 Å². The van der Waals surface area contributed by atoms with Crippen molar-refractivity contribution in [3.63, 3.8) is 0 Å². The highest BCUT2D eigenvalue weighted by molar-refractivity contribution is 5.85. The molecule has 0 amide bonds. The van der Waals surface area contributed by atoms with Crippen LogP contribution in [0.4, 0.5) is 11.8 Å². The van der Waals surface area contributed by atoms with Crippen LogP contribution in [0.5, 0.6) is 5.88 Å². The van der Waals surface area contributed by atoms with Crippen LogP contribution in [0.25, 0.3) is 6.08 Å². The Balaban J connectivity index is 1.47. The minimum atomic E-state index is -0.964. The third-order valence-corrected chi connectivity index (χ3v) is 5.06. The van der Waals surface area contributed by atoms with Crippen LogP contribution in [-0.4, -0.2) is 57.8 Å². The van der Waals surface area contributed by atoms with E-state index in [4.69, 9.17) is 26.0 Å². The molecule has 3 heterocycles. The lowest BCUT2D eigenvalue weighted by Crippen LogP contribution is -2.48. The number of carboxylic acids is 1. The third-order valence-electron chi connectivity index (χ3n) is 5.06. The fourth-order valence-corrected chi connectivity index (χ4v) is 3.76. The minimum Gasteiger partial charge on any atom is -0.478 e. The smallest absolute Gasteiger partial charge is 0.328 e. The molecule has 1 saturated heterocycles. The Kier molecular flexibility index (Phi) is 5.08. The maximum Gasteiger partial charge on any atom is 0.328 e. The Morgan fingerprint density at radius 2 is 2.07 bits per heavy atom. The van der Waals surface area contributed by atoms with Gasteiger partial charge in [-0.3, -0.25) is 4.90 Å². The summed E-state index contributed by atoms with van der Waals surface area (Å²) < 4.78 is 12.0. The highest BCUT2D eigenvalue weighted by Crippen LogP contribution is 2.38. The normalized spacial score (nSPS) is 21.8. The van der Waals surface area contributed by atoms with Gasteiger partial charge in [0.1, 0.15) is 5.82 Å². The predicted octanol–water partition coefficient (Wildman–Crippen LogP) is 0.945. The summed E-state index contributed by atoms with van der Waals surface area (Å²) in [5, 5.41) is 8.73. The van der Waals surface area contributed by atoms with Gasteiger partial charge in [-0.15, -0.1) is 0 Å². The zero-order valence-corrected chi connectivity index (χ0v) is 15.9. The van der Waals surface area contributed by atoms with Crippen molar-refractivity contribution in [3.05, 3.63) is 47.0 Å². The predicted molar refractivity (Wildman–Crippen MR) is 107 cm³/mol. The van der Waals surface area contributed by atoms with Crippen molar-refractivity contribution >= 4 is 23.8 Å². The van der Waals surface area contributed by atoms with E-state index in [2.05, 4.69) is 14.9 Å². The van der Waals surface area contributed by atoms with E-state index < -0.39 is 11.6 Å². The summed E-state index contributed by atoms with van der Waals surface area (Å²) in [7, 11) is 0. The molecule has 9 heteroatoms. The second-order valence-corrected chi connectivity index (χ2v) is 7.39. The Hall–Kier alpha value is -3.17. The summed E-state index contributed by atoms with van der Waals surface area (Å²) in [6.07, 6.45) is 3.27. The van der Waals surface area contributed by atoms with Crippen molar-refractivity contribution in [2.75, 3.05) is 37.8 Å². The van der Waals surface area contributed by atoms with E-state index >= 15 is 0 Å². The number of ether oxygens (including phenoxy) is 2. The van der Waals surface area contributed by atoms with Crippen LogP contribution in [0.2, 0.25) is 0 Å². The Labute approximate surface area is 167 Å². The number of nitrogen functional groups attached to an aromatic ring is 2. The van der Waals surface area contributed by atoms with Crippen molar-refractivity contribution < 1.29 is 19.4 Å². The first-order chi connectivity index (χ1) is 13.9. The number of aromatic nitrogens is 2. The number of carboxylic acid groups (broad SMARTS) is 1. The highest BCUT2D eigenvalue weighted by atomic mass is 16.6. The average Bonchev–Trinajstić information content (AvgIpc) is 2.91. The van der Waals surface area contributed by atoms with Crippen molar-refractivity contribution in [1.29, 1.82) is 0 Å². The Morgan fingerprint density at radius 1 is 1.28 bits per heavy atom. The van der Waals surface area contributed by atoms with Crippen molar-refractivity contribution in [2.45, 2.75) is 18.6 Å². The number of aliphatic carboxylic acids is 1. The van der Waals surface area contributed by atoms with Crippen molar-refractivity contribution in [1.82, 2.24) is 14.9 Å². The molecule has 1 atom stereocenters. The lowest BCUT2D eigenvalue weighted by atomic mass is 9.97. The van der Waals surface area contributed by atoms with Gasteiger partial charge in [-0.1, -0.05) is 24.3 Å². The molecule has 152 valence electrons. The van der Waals surface area contributed by atoms with Gasteiger partial charge in [-0.25, -0.2) is 4.79 Å². The summed E-state index contributed by atoms with van der Waals surface area (Å²) >= 11 is 0. The van der Waals surface area contributed by atoms with E-state index in [1.165, 1.54) is 0 Å². The number of hydrogen-bond donors (Lipinski definition) is 3. The van der Waals surface area contributed by atoms with Crippen molar-refractivity contribution in [3.8, 4) is 5.88 Å². The molecule has 1 aromatic heterocycles. The van der Waals surface area contributed by atoms with Gasteiger partial charge >= 0.3 is 5.97 Å². The molecule has 5 N–H and O–H groups in total. The molecular formula is C20H23N5O4. The molecule has 0 saturated carbocycles. The zero-order valence-electron chi connectivity index (χ0n) is 15.9. The Morgan fingerprint density at radius 3 is 2.83 bits per heavy atom. The van der Waals surface area contributed by atoms with Gasteiger partial charge in [0, 0.05) is 32.1 Å². The topological polar surface area (TPSA) is 137 Å². The van der Waals surface area contributed by atoms with E-state index in [-0.39, 0.29) is 5.95 Å². The van der Waals surface area contributed by atoms with Crippen LogP contribution in [0.15, 0.2) is 30.3 Å². The molecule has 0 radical (unpaired) electrons. The molecule has 2 aromatic rings. The zero-order chi connectivity index (χ0) is 20.4. The first kappa shape index (κ1) is 19.2. The average molecular weight is 397 g/mol. The van der Waals surface area contributed by atoms with E-state index in [1.54, 1.807) is 6.08 Å². The van der Waals surface area contributed by atoms with E-state index in [0.717, 1.165) is 35.9 Å². The molecule has 1 spiro atoms. The second kappa shape index (κ2) is 7.69. The number of nitrogens with zero attached hydrogens (tertiary/aromatic N) is 3. The molecule has 29 heavy (non-hydrogen) atoms. The summed E-state index contributed by atoms with van der Waals surface area (Å²) in [6, 6.07) is 7.79. The molecule has 1 fully saturated rings. The number of rotatable bonds is 4. The fourth-order valence-electron chi connectivity index (χ4n) is 3.76. The number of fused-ring (bicyclic) bond motifs is 1. The van der Waals surface area contributed by atoms with Gasteiger partial charge in [0.15, 0.2) is 5.60 Å². The highest BCUT2D eigenvalue weighted by Gasteiger charge is 2.44. The van der Waals surface area contributed by atoms with Crippen LogP contribution in [0, 0.1) is 0 Å². The number of nitrogens with two attached hydrogens (primary N) is 2. The van der Waals surface area contributed by atoms with Gasteiger partial charge in [0.2, 0.25) is 11.8 Å². The van der Waals surface area contributed by atoms with Gasteiger partial charge < -0.3 is 26.0 Å². The standard InChI is InChI=1S/C20H23N5O4/c21-17-15-9-20(29-18(15)24-19(22)23-17)11-25(7-8-28-12-20)10-14-3-1-13(2-4-14)5-6-16(26)27/h1-6H,7-12H2,(H,26,27)(H4,21,22,23,24)/b6-5+/t20-/m1/s1. The molecule has 2 aliphatic heterocycles. The SMILES string of the molecule is Nc1nc(N)c2c(n1)O[C@]1(COCCN(Cc3ccc(/C=C/C(=O)O)cc3)C1)C2. The molecule has 0 bridgehead atoms. The maximum atomic E-state index is 10.6. The maximum absolute atomic E-state index is 10.6. The lowest BCUT2D eigenvalue weighted by molar-refractivity contribution is -0.131. The monoisotopic (exact) mass is 397 g/mol. The van der Waals surface area contributed by atoms with E-state index in [9.17, 15) is 4.79 Å². The number of anilines is 2. The molecule has 4 rings (SSSR count). The number of carbonyl (C=O) groups is 1. The van der Waals surface area contributed by atoms with Gasteiger partial charge in [-0.05, 0) is 17.2 Å². The Bertz CT molecular complexity index is 947. The summed E-state index contributed by atoms with van der Waals surface area (Å²) in [5.74, 6) is -0.0736. The molecule has 0 unspecified atom stereocenters. The summed E-state index contributed by atoms with van der Waals surface area (Å²) in [6.45, 7) is 3.19. The number of hydrogen-bond acceptors (Lipinski definition) is 8. The molecule has 0 aliphatic carbocycles. The minimum absolute atomic E-state index is 0.0988. The summed E-state index contributed by atoms with van der Waals surface area (Å²) in [5.41, 5.74) is 13.9. The van der Waals surface area contributed by atoms with Crippen LogP contribution in [0.1, 0.15) is 16.7 Å². The number of benzene rings is 1. The third kappa shape index (κ3) is 4.30. The van der Waals surface area contributed by atoms with E-state index in [1.807, 2.05) is 24.3 Å². The molecular weight excluding hydrogens is 374 g/mol. The molecule has 1 aromatic carbocycles. The quantitative estimate of drug-likeness (QED) is 0.644. The van der Waals surface area contributed by atoms with Crippen LogP contribution in [0.3, 0.4) is 0 Å². The van der Waals surface area contributed by atoms with Crippen molar-refractivity contribution in [2.24, 2.45) is 0 Å². The van der Waals surface area contributed by atoms with Crippen LogP contribution >= 0.6 is 0 Å². The van der Waals surface area contributed by atoms with Crippen LogP contribution in [-0.2, 0) is 22.5 Å². The first-order valence-electron chi connectivity index (χ1n) is 9.33. The first-order valence-corrected chi connectivity index (χ1v) is 9.33. The molecule has 9 nitrogen and oxygen atoms in total. The second-order valence-electron chi connectivity index (χ2n) is 7.39. The molecule has 2 aliphatic rings. The lowest BCUT2D eigenvalue weighted by Gasteiger charge is -2.31. The van der Waals surface area contributed by atoms with E-state index in [0.29, 0.717) is 37.9 Å². The summed E-state index contributed by atoms with van der Waals surface area (Å²) in [4.78, 5) is 21.1. The fraction of sp³-hybridized carbons (Fsp3) is 0.350. The van der Waals surface area contributed by atoms with Crippen LogP contribution < -0.4 is 16.2 Å². The largest absolute Gasteiger partial charge is 0.478 e. The van der Waals surface area contributed by atoms with Gasteiger partial charge in [-0.2, -0.15) is 9.97 Å².